The number of halogens is 1. The van der Waals surface area contributed by atoms with Crippen molar-refractivity contribution in [2.75, 3.05) is 36.4 Å². The van der Waals surface area contributed by atoms with Crippen LogP contribution in [-0.2, 0) is 0 Å². The third-order valence-corrected chi connectivity index (χ3v) is 5.10. The number of nitrogens with zero attached hydrogens (tertiary/aromatic N) is 2. The van der Waals surface area contributed by atoms with Crippen LogP contribution in [0.2, 0.25) is 0 Å². The molecule has 6 heteroatoms. The number of hydrogen-bond acceptors (Lipinski definition) is 3. The Kier molecular flexibility index (Phi) is 5.84. The lowest BCUT2D eigenvalue weighted by Crippen LogP contribution is -2.50. The van der Waals surface area contributed by atoms with Gasteiger partial charge in [-0.25, -0.2) is 9.18 Å². The lowest BCUT2D eigenvalue weighted by Gasteiger charge is -2.36. The van der Waals surface area contributed by atoms with Crippen LogP contribution in [0.3, 0.4) is 0 Å². The fourth-order valence-electron chi connectivity index (χ4n) is 3.48. The van der Waals surface area contributed by atoms with Crippen LogP contribution < -0.4 is 15.0 Å². The Bertz CT molecular complexity index is 1010. The normalized spacial score (nSPS) is 13.8. The summed E-state index contributed by atoms with van der Waals surface area (Å²) in [6.07, 6.45) is 0. The molecular weight excluding hydrogens is 381 g/mol. The summed E-state index contributed by atoms with van der Waals surface area (Å²) in [6.45, 7) is 4.57. The summed E-state index contributed by atoms with van der Waals surface area (Å²) < 4.78 is 19.1. The highest BCUT2D eigenvalue weighted by atomic mass is 19.1. The molecule has 1 N–H and O–H groups in total. The highest BCUT2D eigenvalue weighted by Crippen LogP contribution is 2.30. The molecule has 5 nitrogen and oxygen atoms in total. The number of urea groups is 1. The van der Waals surface area contributed by atoms with Crippen molar-refractivity contribution >= 4 is 17.4 Å². The second-order valence-electron chi connectivity index (χ2n) is 7.30. The Labute approximate surface area is 175 Å². The van der Waals surface area contributed by atoms with Crippen molar-refractivity contribution in [2.24, 2.45) is 0 Å². The van der Waals surface area contributed by atoms with Crippen molar-refractivity contribution in [1.29, 1.82) is 0 Å². The zero-order valence-corrected chi connectivity index (χ0v) is 16.8. The van der Waals surface area contributed by atoms with E-state index in [4.69, 9.17) is 4.74 Å². The Balaban J connectivity index is 1.38. The molecule has 0 saturated carbocycles. The Morgan fingerprint density at radius 3 is 2.40 bits per heavy atom. The first-order chi connectivity index (χ1) is 14.6. The number of piperazine rings is 1. The quantitative estimate of drug-likeness (QED) is 0.642. The molecule has 0 aromatic heterocycles. The van der Waals surface area contributed by atoms with Gasteiger partial charge in [-0.1, -0.05) is 24.3 Å². The zero-order valence-electron chi connectivity index (χ0n) is 16.8. The first-order valence-corrected chi connectivity index (χ1v) is 9.98. The molecule has 2 amide bonds. The molecular formula is C24H24FN3O2. The van der Waals surface area contributed by atoms with E-state index in [0.717, 1.165) is 17.0 Å². The molecule has 1 aliphatic heterocycles. The average molecular weight is 405 g/mol. The lowest BCUT2D eigenvalue weighted by molar-refractivity contribution is 0.208. The number of amides is 2. The molecule has 0 aliphatic carbocycles. The molecule has 4 rings (SSSR count). The molecule has 0 spiro atoms. The van der Waals surface area contributed by atoms with E-state index < -0.39 is 0 Å². The van der Waals surface area contributed by atoms with E-state index in [-0.39, 0.29) is 11.8 Å². The minimum atomic E-state index is -0.247. The van der Waals surface area contributed by atoms with Crippen LogP contribution in [0, 0.1) is 12.7 Å². The molecule has 1 fully saturated rings. The maximum Gasteiger partial charge on any atom is 0.322 e. The molecule has 3 aromatic carbocycles. The largest absolute Gasteiger partial charge is 0.455 e. The van der Waals surface area contributed by atoms with Crippen LogP contribution in [0.4, 0.5) is 20.6 Å². The number of carbonyl (C=O) groups excluding carboxylic acids is 1. The maximum atomic E-state index is 13.1. The molecule has 1 aliphatic rings. The number of carbonyl (C=O) groups is 1. The highest BCUT2D eigenvalue weighted by molar-refractivity contribution is 5.91. The Morgan fingerprint density at radius 1 is 0.933 bits per heavy atom. The highest BCUT2D eigenvalue weighted by Gasteiger charge is 2.22. The van der Waals surface area contributed by atoms with Gasteiger partial charge in [0.05, 0.1) is 5.69 Å². The fourth-order valence-corrected chi connectivity index (χ4v) is 3.48. The summed E-state index contributed by atoms with van der Waals surface area (Å²) in [5.74, 6) is 1.08. The number of ether oxygens (including phenoxy) is 1. The van der Waals surface area contributed by atoms with Crippen molar-refractivity contribution in [2.45, 2.75) is 6.92 Å². The van der Waals surface area contributed by atoms with Gasteiger partial charge in [-0.05, 0) is 61.0 Å². The van der Waals surface area contributed by atoms with Crippen LogP contribution in [-0.4, -0.2) is 37.1 Å². The maximum absolute atomic E-state index is 13.1. The number of anilines is 2. The molecule has 1 heterocycles. The van der Waals surface area contributed by atoms with Gasteiger partial charge in [-0.3, -0.25) is 0 Å². The summed E-state index contributed by atoms with van der Waals surface area (Å²) in [5, 5.41) is 2.97. The van der Waals surface area contributed by atoms with Gasteiger partial charge in [0.15, 0.2) is 5.75 Å². The van der Waals surface area contributed by atoms with Crippen molar-refractivity contribution in [1.82, 2.24) is 4.90 Å². The third-order valence-electron chi connectivity index (χ3n) is 5.10. The van der Waals surface area contributed by atoms with E-state index in [9.17, 15) is 9.18 Å². The second-order valence-corrected chi connectivity index (χ2v) is 7.30. The first kappa shape index (κ1) is 19.8. The molecule has 3 aromatic rings. The lowest BCUT2D eigenvalue weighted by atomic mass is 10.2. The van der Waals surface area contributed by atoms with Gasteiger partial charge in [-0.2, -0.15) is 0 Å². The van der Waals surface area contributed by atoms with Crippen LogP contribution >= 0.6 is 0 Å². The Hall–Kier alpha value is -3.54. The topological polar surface area (TPSA) is 44.8 Å². The minimum absolute atomic E-state index is 0.158. The van der Waals surface area contributed by atoms with Crippen LogP contribution in [0.25, 0.3) is 0 Å². The molecule has 30 heavy (non-hydrogen) atoms. The van der Waals surface area contributed by atoms with Gasteiger partial charge >= 0.3 is 6.03 Å². The number of hydrogen-bond donors (Lipinski definition) is 1. The van der Waals surface area contributed by atoms with Gasteiger partial charge in [0.25, 0.3) is 0 Å². The molecule has 1 saturated heterocycles. The second kappa shape index (κ2) is 8.86. The standard InChI is InChI=1S/C24H24FN3O2/c1-18-5-4-6-21(17-18)30-23-8-3-2-7-22(23)26-24(29)28-15-13-27(14-16-28)20-11-9-19(25)10-12-20/h2-12,17H,13-16H2,1H3,(H,26,29). The third kappa shape index (κ3) is 4.71. The summed E-state index contributed by atoms with van der Waals surface area (Å²) in [6, 6.07) is 21.5. The van der Waals surface area contributed by atoms with Gasteiger partial charge in [-0.15, -0.1) is 0 Å². The summed E-state index contributed by atoms with van der Waals surface area (Å²) in [4.78, 5) is 16.7. The number of aryl methyl sites for hydroxylation is 1. The number of para-hydroxylation sites is 2. The van der Waals surface area contributed by atoms with E-state index >= 15 is 0 Å². The fraction of sp³-hybridized carbons (Fsp3) is 0.208. The number of benzene rings is 3. The number of rotatable bonds is 4. The van der Waals surface area contributed by atoms with Crippen LogP contribution in [0.5, 0.6) is 11.5 Å². The zero-order chi connectivity index (χ0) is 20.9. The van der Waals surface area contributed by atoms with Crippen molar-refractivity contribution in [3.8, 4) is 11.5 Å². The molecule has 154 valence electrons. The first-order valence-electron chi connectivity index (χ1n) is 9.98. The molecule has 0 bridgehead atoms. The van der Waals surface area contributed by atoms with Gasteiger partial charge in [0.2, 0.25) is 0 Å². The molecule has 0 unspecified atom stereocenters. The van der Waals surface area contributed by atoms with Crippen molar-refractivity contribution in [3.63, 3.8) is 0 Å². The Morgan fingerprint density at radius 2 is 1.67 bits per heavy atom. The van der Waals surface area contributed by atoms with E-state index in [1.807, 2.05) is 55.5 Å². The monoisotopic (exact) mass is 405 g/mol. The van der Waals surface area contributed by atoms with E-state index in [1.54, 1.807) is 17.0 Å². The summed E-state index contributed by atoms with van der Waals surface area (Å²) in [5.41, 5.74) is 2.70. The summed E-state index contributed by atoms with van der Waals surface area (Å²) >= 11 is 0. The SMILES string of the molecule is Cc1cccc(Oc2ccccc2NC(=O)N2CCN(c3ccc(F)cc3)CC2)c1. The average Bonchev–Trinajstić information content (AvgIpc) is 2.76. The number of nitrogens with one attached hydrogen (secondary N) is 1. The van der Waals surface area contributed by atoms with Crippen molar-refractivity contribution < 1.29 is 13.9 Å². The smallest absolute Gasteiger partial charge is 0.322 e. The van der Waals surface area contributed by atoms with Crippen LogP contribution in [0.1, 0.15) is 5.56 Å². The predicted octanol–water partition coefficient (Wildman–Crippen LogP) is 5.28. The van der Waals surface area contributed by atoms with E-state index in [1.165, 1.54) is 12.1 Å². The van der Waals surface area contributed by atoms with E-state index in [0.29, 0.717) is 37.6 Å². The minimum Gasteiger partial charge on any atom is -0.455 e. The molecule has 0 atom stereocenters. The predicted molar refractivity (Wildman–Crippen MR) is 117 cm³/mol. The van der Waals surface area contributed by atoms with E-state index in [2.05, 4.69) is 10.2 Å². The van der Waals surface area contributed by atoms with Gasteiger partial charge < -0.3 is 19.9 Å². The summed E-state index contributed by atoms with van der Waals surface area (Å²) in [7, 11) is 0. The van der Waals surface area contributed by atoms with Gasteiger partial charge in [0.1, 0.15) is 11.6 Å². The molecule has 0 radical (unpaired) electrons. The van der Waals surface area contributed by atoms with Crippen molar-refractivity contribution in [3.05, 3.63) is 84.2 Å². The van der Waals surface area contributed by atoms with Crippen LogP contribution in [0.15, 0.2) is 72.8 Å². The van der Waals surface area contributed by atoms with Gasteiger partial charge in [0, 0.05) is 31.9 Å².